The lowest BCUT2D eigenvalue weighted by Crippen LogP contribution is -2.12. The van der Waals surface area contributed by atoms with E-state index in [4.69, 9.17) is 0 Å². The fraction of sp³-hybridized carbons (Fsp3) is 0.562. The summed E-state index contributed by atoms with van der Waals surface area (Å²) in [6.07, 6.45) is 7.05. The minimum Gasteiger partial charge on any atom is -0.326 e. The number of benzene rings is 1. The van der Waals surface area contributed by atoms with Crippen molar-refractivity contribution >= 4 is 11.6 Å². The monoisotopic (exact) mass is 245 g/mol. The lowest BCUT2D eigenvalue weighted by molar-refractivity contribution is -0.116. The first kappa shape index (κ1) is 13.1. The molecule has 2 rings (SSSR count). The van der Waals surface area contributed by atoms with Gasteiger partial charge < -0.3 is 5.32 Å². The van der Waals surface area contributed by atoms with Crippen LogP contribution < -0.4 is 5.32 Å². The molecule has 1 aliphatic rings. The Morgan fingerprint density at radius 3 is 2.61 bits per heavy atom. The molecule has 0 radical (unpaired) electrons. The molecule has 1 N–H and O–H groups in total. The standard InChI is InChI=1S/C16H23NO/c1-12-7-9-15(11-13(12)2)17-16(18)10-8-14-5-3-4-6-14/h7,9,11,14H,3-6,8,10H2,1-2H3,(H,17,18). The first-order valence-corrected chi connectivity index (χ1v) is 7.02. The fourth-order valence-electron chi connectivity index (χ4n) is 2.68. The second-order valence-electron chi connectivity index (χ2n) is 5.54. The first-order chi connectivity index (χ1) is 8.65. The molecule has 0 bridgehead atoms. The molecule has 0 saturated heterocycles. The molecule has 0 heterocycles. The molecule has 1 aromatic carbocycles. The van der Waals surface area contributed by atoms with Crippen LogP contribution in [0.5, 0.6) is 0 Å². The Bertz CT molecular complexity index is 419. The molecular weight excluding hydrogens is 222 g/mol. The van der Waals surface area contributed by atoms with Gasteiger partial charge in [0.05, 0.1) is 0 Å². The largest absolute Gasteiger partial charge is 0.326 e. The molecule has 1 fully saturated rings. The molecular formula is C16H23NO. The zero-order valence-electron chi connectivity index (χ0n) is 11.5. The molecule has 0 aliphatic heterocycles. The fourth-order valence-corrected chi connectivity index (χ4v) is 2.68. The number of hydrogen-bond donors (Lipinski definition) is 1. The predicted octanol–water partition coefficient (Wildman–Crippen LogP) is 4.21. The van der Waals surface area contributed by atoms with Crippen molar-refractivity contribution < 1.29 is 4.79 Å². The molecule has 2 heteroatoms. The quantitative estimate of drug-likeness (QED) is 0.845. The number of hydrogen-bond acceptors (Lipinski definition) is 1. The summed E-state index contributed by atoms with van der Waals surface area (Å²) in [5, 5.41) is 2.99. The highest BCUT2D eigenvalue weighted by molar-refractivity contribution is 5.90. The normalized spacial score (nSPS) is 15.9. The van der Waals surface area contributed by atoms with Crippen LogP contribution in [0.1, 0.15) is 49.7 Å². The van der Waals surface area contributed by atoms with Crippen molar-refractivity contribution in [2.24, 2.45) is 5.92 Å². The van der Waals surface area contributed by atoms with E-state index < -0.39 is 0 Å². The number of nitrogens with one attached hydrogen (secondary N) is 1. The van der Waals surface area contributed by atoms with Crippen LogP contribution >= 0.6 is 0 Å². The van der Waals surface area contributed by atoms with E-state index in [0.29, 0.717) is 6.42 Å². The van der Waals surface area contributed by atoms with Crippen LogP contribution in [0.15, 0.2) is 18.2 Å². The SMILES string of the molecule is Cc1ccc(NC(=O)CCC2CCCC2)cc1C. The van der Waals surface area contributed by atoms with Crippen molar-refractivity contribution in [2.45, 2.75) is 52.4 Å². The third-order valence-corrected chi connectivity index (χ3v) is 4.05. The van der Waals surface area contributed by atoms with E-state index in [1.54, 1.807) is 0 Å². The zero-order chi connectivity index (χ0) is 13.0. The summed E-state index contributed by atoms with van der Waals surface area (Å²) in [6, 6.07) is 6.08. The van der Waals surface area contributed by atoms with Crippen molar-refractivity contribution in [1.82, 2.24) is 0 Å². The molecule has 1 aromatic rings. The summed E-state index contributed by atoms with van der Waals surface area (Å²) in [5.74, 6) is 0.945. The maximum atomic E-state index is 11.9. The Balaban J connectivity index is 1.80. The van der Waals surface area contributed by atoms with Crippen LogP contribution in [0.25, 0.3) is 0 Å². The van der Waals surface area contributed by atoms with Crippen LogP contribution in [0.2, 0.25) is 0 Å². The number of aryl methyl sites for hydroxylation is 2. The van der Waals surface area contributed by atoms with Gasteiger partial charge in [0.15, 0.2) is 0 Å². The van der Waals surface area contributed by atoms with Gasteiger partial charge in [-0.1, -0.05) is 31.7 Å². The second kappa shape index (κ2) is 6.03. The van der Waals surface area contributed by atoms with E-state index in [-0.39, 0.29) is 5.91 Å². The molecule has 2 nitrogen and oxygen atoms in total. The second-order valence-corrected chi connectivity index (χ2v) is 5.54. The molecule has 0 spiro atoms. The average molecular weight is 245 g/mol. The highest BCUT2D eigenvalue weighted by Gasteiger charge is 2.16. The minimum atomic E-state index is 0.158. The molecule has 0 unspecified atom stereocenters. The molecule has 1 amide bonds. The summed E-state index contributed by atoms with van der Waals surface area (Å²) in [7, 11) is 0. The van der Waals surface area contributed by atoms with Gasteiger partial charge in [-0.15, -0.1) is 0 Å². The van der Waals surface area contributed by atoms with Crippen LogP contribution in [0.3, 0.4) is 0 Å². The van der Waals surface area contributed by atoms with Crippen molar-refractivity contribution in [1.29, 1.82) is 0 Å². The molecule has 1 saturated carbocycles. The Hall–Kier alpha value is -1.31. The summed E-state index contributed by atoms with van der Waals surface area (Å²) < 4.78 is 0. The van der Waals surface area contributed by atoms with Crippen molar-refractivity contribution in [2.75, 3.05) is 5.32 Å². The number of anilines is 1. The minimum absolute atomic E-state index is 0.158. The highest BCUT2D eigenvalue weighted by atomic mass is 16.1. The highest BCUT2D eigenvalue weighted by Crippen LogP contribution is 2.28. The summed E-state index contributed by atoms with van der Waals surface area (Å²) in [5.41, 5.74) is 3.41. The average Bonchev–Trinajstić information content (AvgIpc) is 2.84. The van der Waals surface area contributed by atoms with Crippen molar-refractivity contribution in [3.8, 4) is 0 Å². The Morgan fingerprint density at radius 2 is 1.94 bits per heavy atom. The van der Waals surface area contributed by atoms with Gasteiger partial charge in [0.1, 0.15) is 0 Å². The number of carbonyl (C=O) groups excluding carboxylic acids is 1. The van der Waals surface area contributed by atoms with Gasteiger partial charge in [0.25, 0.3) is 0 Å². The number of carbonyl (C=O) groups is 1. The van der Waals surface area contributed by atoms with Gasteiger partial charge in [0.2, 0.25) is 5.91 Å². The molecule has 1 aliphatic carbocycles. The van der Waals surface area contributed by atoms with Crippen LogP contribution in [-0.4, -0.2) is 5.91 Å². The molecule has 98 valence electrons. The van der Waals surface area contributed by atoms with E-state index >= 15 is 0 Å². The van der Waals surface area contributed by atoms with E-state index in [9.17, 15) is 4.79 Å². The van der Waals surface area contributed by atoms with E-state index in [2.05, 4.69) is 25.2 Å². The lowest BCUT2D eigenvalue weighted by atomic mass is 10.0. The van der Waals surface area contributed by atoms with E-state index in [1.165, 1.54) is 36.8 Å². The number of rotatable bonds is 4. The Labute approximate surface area is 110 Å². The molecule has 18 heavy (non-hydrogen) atoms. The number of amides is 1. The van der Waals surface area contributed by atoms with E-state index in [0.717, 1.165) is 18.0 Å². The van der Waals surface area contributed by atoms with Gasteiger partial charge in [-0.25, -0.2) is 0 Å². The third kappa shape index (κ3) is 3.59. The molecule has 0 atom stereocenters. The first-order valence-electron chi connectivity index (χ1n) is 7.02. The Morgan fingerprint density at radius 1 is 1.22 bits per heavy atom. The molecule has 0 aromatic heterocycles. The van der Waals surface area contributed by atoms with Crippen LogP contribution in [-0.2, 0) is 4.79 Å². The van der Waals surface area contributed by atoms with Gasteiger partial charge in [-0.2, -0.15) is 0 Å². The van der Waals surface area contributed by atoms with Gasteiger partial charge in [0, 0.05) is 12.1 Å². The van der Waals surface area contributed by atoms with Gasteiger partial charge in [-0.05, 0) is 49.4 Å². The van der Waals surface area contributed by atoms with Gasteiger partial charge in [-0.3, -0.25) is 4.79 Å². The zero-order valence-corrected chi connectivity index (χ0v) is 11.5. The van der Waals surface area contributed by atoms with Crippen molar-refractivity contribution in [3.63, 3.8) is 0 Å². The summed E-state index contributed by atoms with van der Waals surface area (Å²) in [6.45, 7) is 4.16. The smallest absolute Gasteiger partial charge is 0.224 e. The third-order valence-electron chi connectivity index (χ3n) is 4.05. The van der Waals surface area contributed by atoms with Crippen molar-refractivity contribution in [3.05, 3.63) is 29.3 Å². The van der Waals surface area contributed by atoms with Gasteiger partial charge >= 0.3 is 0 Å². The van der Waals surface area contributed by atoms with E-state index in [1.807, 2.05) is 12.1 Å². The topological polar surface area (TPSA) is 29.1 Å². The summed E-state index contributed by atoms with van der Waals surface area (Å²) in [4.78, 5) is 11.9. The lowest BCUT2D eigenvalue weighted by Gasteiger charge is -2.10. The van der Waals surface area contributed by atoms with Crippen LogP contribution in [0, 0.1) is 19.8 Å². The maximum Gasteiger partial charge on any atom is 0.224 e. The predicted molar refractivity (Wildman–Crippen MR) is 75.7 cm³/mol. The maximum absolute atomic E-state index is 11.9. The van der Waals surface area contributed by atoms with Crippen LogP contribution in [0.4, 0.5) is 5.69 Å². The Kier molecular flexibility index (Phi) is 4.40. The summed E-state index contributed by atoms with van der Waals surface area (Å²) >= 11 is 0.